The van der Waals surface area contributed by atoms with Crippen LogP contribution in [-0.2, 0) is 0 Å². The quantitative estimate of drug-likeness (QED) is 0.616. The zero-order valence-electron chi connectivity index (χ0n) is 10.9. The summed E-state index contributed by atoms with van der Waals surface area (Å²) in [6.07, 6.45) is 3.86. The van der Waals surface area contributed by atoms with Gasteiger partial charge in [-0.15, -0.1) is 0 Å². The van der Waals surface area contributed by atoms with E-state index in [1.165, 1.54) is 6.42 Å². The van der Waals surface area contributed by atoms with Crippen molar-refractivity contribution in [2.75, 3.05) is 12.0 Å². The number of hydrogen-bond acceptors (Lipinski definition) is 4. The number of nitrogen functional groups attached to an aromatic ring is 1. The Labute approximate surface area is 107 Å². The molecule has 0 radical (unpaired) electrons. The van der Waals surface area contributed by atoms with E-state index in [9.17, 15) is 4.79 Å². The fraction of sp³-hybridized carbons (Fsp3) is 0.538. The number of rotatable bonds is 2. The maximum absolute atomic E-state index is 12.5. The first-order chi connectivity index (χ1) is 8.61. The smallest absolute Gasteiger partial charge is 0.254 e. The Kier molecular flexibility index (Phi) is 3.81. The minimum Gasteiger partial charge on any atom is -0.336 e. The van der Waals surface area contributed by atoms with Crippen molar-refractivity contribution in [3.8, 4) is 0 Å². The van der Waals surface area contributed by atoms with E-state index in [1.807, 2.05) is 4.90 Å². The van der Waals surface area contributed by atoms with E-state index in [4.69, 9.17) is 5.84 Å². The number of pyridine rings is 1. The summed E-state index contributed by atoms with van der Waals surface area (Å²) in [4.78, 5) is 18.4. The van der Waals surface area contributed by atoms with Gasteiger partial charge in [0.2, 0.25) is 0 Å². The molecule has 2 heterocycles. The fourth-order valence-corrected chi connectivity index (χ4v) is 2.38. The molecule has 98 valence electrons. The number of hydrazine groups is 1. The van der Waals surface area contributed by atoms with Gasteiger partial charge < -0.3 is 10.3 Å². The Balaban J connectivity index is 2.18. The third kappa shape index (κ3) is 2.61. The summed E-state index contributed by atoms with van der Waals surface area (Å²) in [5.41, 5.74) is 3.10. The number of piperidine rings is 1. The number of nitrogens with two attached hydrogens (primary N) is 1. The van der Waals surface area contributed by atoms with Crippen LogP contribution in [0.25, 0.3) is 0 Å². The molecule has 1 aromatic rings. The zero-order chi connectivity index (χ0) is 13.1. The zero-order valence-corrected chi connectivity index (χ0v) is 10.9. The standard InChI is InChI=1S/C13H20N4O/c1-9-3-4-10(2)17(8-9)13(18)11-5-6-15-12(7-11)16-14/h5-7,9-10H,3-4,8,14H2,1-2H3,(H,15,16). The molecule has 1 aromatic heterocycles. The van der Waals surface area contributed by atoms with Gasteiger partial charge in [0.1, 0.15) is 5.82 Å². The first-order valence-electron chi connectivity index (χ1n) is 6.35. The maximum atomic E-state index is 12.5. The number of likely N-dealkylation sites (tertiary alicyclic amines) is 1. The van der Waals surface area contributed by atoms with Gasteiger partial charge in [0.15, 0.2) is 0 Å². The number of anilines is 1. The van der Waals surface area contributed by atoms with Crippen LogP contribution in [0.1, 0.15) is 37.0 Å². The number of hydrogen-bond donors (Lipinski definition) is 2. The first-order valence-corrected chi connectivity index (χ1v) is 6.35. The molecule has 2 atom stereocenters. The molecule has 5 heteroatoms. The van der Waals surface area contributed by atoms with Crippen molar-refractivity contribution in [1.29, 1.82) is 0 Å². The van der Waals surface area contributed by atoms with Gasteiger partial charge in [0.05, 0.1) is 0 Å². The van der Waals surface area contributed by atoms with E-state index >= 15 is 0 Å². The largest absolute Gasteiger partial charge is 0.336 e. The minimum absolute atomic E-state index is 0.0629. The summed E-state index contributed by atoms with van der Waals surface area (Å²) >= 11 is 0. The Morgan fingerprint density at radius 3 is 3.00 bits per heavy atom. The number of carbonyl (C=O) groups is 1. The van der Waals surface area contributed by atoms with Gasteiger partial charge in [0, 0.05) is 24.3 Å². The molecular weight excluding hydrogens is 228 g/mol. The topological polar surface area (TPSA) is 71.2 Å². The van der Waals surface area contributed by atoms with Crippen LogP contribution in [0, 0.1) is 5.92 Å². The lowest BCUT2D eigenvalue weighted by Crippen LogP contribution is -2.44. The third-order valence-corrected chi connectivity index (χ3v) is 3.53. The van der Waals surface area contributed by atoms with Crippen LogP contribution in [0.2, 0.25) is 0 Å². The molecule has 1 amide bonds. The van der Waals surface area contributed by atoms with Gasteiger partial charge in [-0.05, 0) is 37.8 Å². The highest BCUT2D eigenvalue weighted by molar-refractivity contribution is 5.95. The van der Waals surface area contributed by atoms with Crippen molar-refractivity contribution in [1.82, 2.24) is 9.88 Å². The molecule has 2 rings (SSSR count). The van der Waals surface area contributed by atoms with Gasteiger partial charge in [-0.3, -0.25) is 4.79 Å². The average molecular weight is 248 g/mol. The Morgan fingerprint density at radius 1 is 1.50 bits per heavy atom. The van der Waals surface area contributed by atoms with Crippen molar-refractivity contribution in [2.45, 2.75) is 32.7 Å². The molecule has 18 heavy (non-hydrogen) atoms. The summed E-state index contributed by atoms with van der Waals surface area (Å²) in [6, 6.07) is 3.72. The summed E-state index contributed by atoms with van der Waals surface area (Å²) in [5, 5.41) is 0. The molecule has 1 fully saturated rings. The number of carbonyl (C=O) groups excluding carboxylic acids is 1. The van der Waals surface area contributed by atoms with E-state index in [0.717, 1.165) is 13.0 Å². The molecule has 1 aliphatic heterocycles. The predicted octanol–water partition coefficient (Wildman–Crippen LogP) is 1.63. The minimum atomic E-state index is 0.0629. The molecule has 0 saturated carbocycles. The number of nitrogens with one attached hydrogen (secondary N) is 1. The summed E-state index contributed by atoms with van der Waals surface area (Å²) < 4.78 is 0. The van der Waals surface area contributed by atoms with Crippen LogP contribution >= 0.6 is 0 Å². The highest BCUT2D eigenvalue weighted by Gasteiger charge is 2.27. The Morgan fingerprint density at radius 2 is 2.28 bits per heavy atom. The molecule has 2 unspecified atom stereocenters. The van der Waals surface area contributed by atoms with Gasteiger partial charge in [-0.1, -0.05) is 6.92 Å². The van der Waals surface area contributed by atoms with Gasteiger partial charge in [0.25, 0.3) is 5.91 Å². The second-order valence-corrected chi connectivity index (χ2v) is 5.06. The van der Waals surface area contributed by atoms with Crippen molar-refractivity contribution in [3.05, 3.63) is 23.9 Å². The van der Waals surface area contributed by atoms with E-state index in [2.05, 4.69) is 24.3 Å². The van der Waals surface area contributed by atoms with E-state index in [0.29, 0.717) is 23.3 Å². The Bertz CT molecular complexity index is 435. The summed E-state index contributed by atoms with van der Waals surface area (Å²) in [7, 11) is 0. The van der Waals surface area contributed by atoms with Crippen molar-refractivity contribution in [3.63, 3.8) is 0 Å². The molecule has 0 aromatic carbocycles. The van der Waals surface area contributed by atoms with E-state index in [1.54, 1.807) is 18.3 Å². The van der Waals surface area contributed by atoms with Crippen molar-refractivity contribution >= 4 is 11.7 Å². The van der Waals surface area contributed by atoms with Crippen molar-refractivity contribution in [2.24, 2.45) is 11.8 Å². The maximum Gasteiger partial charge on any atom is 0.254 e. The van der Waals surface area contributed by atoms with E-state index in [-0.39, 0.29) is 5.91 Å². The molecule has 0 spiro atoms. The molecule has 0 bridgehead atoms. The van der Waals surface area contributed by atoms with Crippen LogP contribution in [0.3, 0.4) is 0 Å². The second kappa shape index (κ2) is 5.35. The van der Waals surface area contributed by atoms with Crippen LogP contribution in [-0.4, -0.2) is 28.4 Å². The molecule has 1 aliphatic rings. The predicted molar refractivity (Wildman–Crippen MR) is 70.9 cm³/mol. The van der Waals surface area contributed by atoms with Crippen LogP contribution in [0.5, 0.6) is 0 Å². The van der Waals surface area contributed by atoms with Gasteiger partial charge >= 0.3 is 0 Å². The van der Waals surface area contributed by atoms with Gasteiger partial charge in [-0.2, -0.15) is 0 Å². The first kappa shape index (κ1) is 12.8. The summed E-state index contributed by atoms with van der Waals surface area (Å²) in [6.45, 7) is 5.12. The average Bonchev–Trinajstić information content (AvgIpc) is 2.41. The number of nitrogens with zero attached hydrogens (tertiary/aromatic N) is 2. The van der Waals surface area contributed by atoms with Crippen LogP contribution < -0.4 is 11.3 Å². The van der Waals surface area contributed by atoms with Gasteiger partial charge in [-0.25, -0.2) is 10.8 Å². The monoisotopic (exact) mass is 248 g/mol. The fourth-order valence-electron chi connectivity index (χ4n) is 2.38. The SMILES string of the molecule is CC1CCC(C)N(C(=O)c2ccnc(NN)c2)C1. The lowest BCUT2D eigenvalue weighted by Gasteiger charge is -2.36. The normalized spacial score (nSPS) is 23.8. The molecule has 5 nitrogen and oxygen atoms in total. The molecule has 1 saturated heterocycles. The summed E-state index contributed by atoms with van der Waals surface area (Å²) in [5.74, 6) is 6.45. The van der Waals surface area contributed by atoms with Crippen LogP contribution in [0.4, 0.5) is 5.82 Å². The third-order valence-electron chi connectivity index (χ3n) is 3.53. The molecular formula is C13H20N4O. The Hall–Kier alpha value is -1.62. The van der Waals surface area contributed by atoms with Crippen molar-refractivity contribution < 1.29 is 4.79 Å². The van der Waals surface area contributed by atoms with E-state index < -0.39 is 0 Å². The molecule has 3 N–H and O–H groups in total. The highest BCUT2D eigenvalue weighted by atomic mass is 16.2. The number of aromatic nitrogens is 1. The lowest BCUT2D eigenvalue weighted by atomic mass is 9.94. The van der Waals surface area contributed by atoms with Crippen LogP contribution in [0.15, 0.2) is 18.3 Å². The lowest BCUT2D eigenvalue weighted by molar-refractivity contribution is 0.0574. The molecule has 0 aliphatic carbocycles. The second-order valence-electron chi connectivity index (χ2n) is 5.06. The number of amides is 1. The highest BCUT2D eigenvalue weighted by Crippen LogP contribution is 2.23.